The predicted octanol–water partition coefficient (Wildman–Crippen LogP) is 8.13. The molecule has 0 aromatic heterocycles. The molecule has 1 saturated carbocycles. The van der Waals surface area contributed by atoms with Gasteiger partial charge in [0.1, 0.15) is 0 Å². The molecule has 1 heterocycles. The predicted molar refractivity (Wildman–Crippen MR) is 177 cm³/mol. The molecular weight excluding hydrogens is 531 g/mol. The molecule has 212 valence electrons. The molecule has 1 saturated heterocycles. The van der Waals surface area contributed by atoms with Crippen molar-refractivity contribution in [2.24, 2.45) is 5.92 Å². The number of ether oxygens (including phenoxy) is 2. The molecular formula is C39H39O2P. The van der Waals surface area contributed by atoms with Gasteiger partial charge >= 0.3 is 251 Å². The molecule has 0 bridgehead atoms. The Bertz CT molecular complexity index is 1400. The van der Waals surface area contributed by atoms with Crippen molar-refractivity contribution in [3.05, 3.63) is 163 Å². The summed E-state index contributed by atoms with van der Waals surface area (Å²) < 4.78 is 13.9. The maximum atomic E-state index is 6.96. The van der Waals surface area contributed by atoms with Crippen molar-refractivity contribution in [1.29, 1.82) is 0 Å². The van der Waals surface area contributed by atoms with Gasteiger partial charge in [0.05, 0.1) is 0 Å². The molecule has 2 nitrogen and oxygen atoms in total. The summed E-state index contributed by atoms with van der Waals surface area (Å²) >= 11 is 0. The first kappa shape index (κ1) is 27.3. The second kappa shape index (κ2) is 12.0. The van der Waals surface area contributed by atoms with Gasteiger partial charge in [-0.1, -0.05) is 0 Å². The Hall–Kier alpha value is -3.55. The zero-order valence-electron chi connectivity index (χ0n) is 24.0. The van der Waals surface area contributed by atoms with E-state index in [1.165, 1.54) is 33.2 Å². The quantitative estimate of drug-likeness (QED) is 0.184. The van der Waals surface area contributed by atoms with Crippen LogP contribution in [0.5, 0.6) is 0 Å². The van der Waals surface area contributed by atoms with Gasteiger partial charge in [-0.25, -0.2) is 0 Å². The summed E-state index contributed by atoms with van der Waals surface area (Å²) in [7, 11) is -2.28. The van der Waals surface area contributed by atoms with Crippen LogP contribution in [0.3, 0.4) is 0 Å². The van der Waals surface area contributed by atoms with Crippen LogP contribution in [0.2, 0.25) is 0 Å². The summed E-state index contributed by atoms with van der Waals surface area (Å²) in [6.45, 7) is 0. The third kappa shape index (κ3) is 5.25. The first-order valence-electron chi connectivity index (χ1n) is 15.4. The molecule has 7 rings (SSSR count). The normalized spacial score (nSPS) is 20.9. The van der Waals surface area contributed by atoms with Crippen LogP contribution in [0.1, 0.15) is 49.0 Å². The van der Waals surface area contributed by atoms with Crippen molar-refractivity contribution in [3.8, 4) is 0 Å². The second-order valence-corrected chi connectivity index (χ2v) is 15.9. The average Bonchev–Trinajstić information content (AvgIpc) is 3.46. The van der Waals surface area contributed by atoms with E-state index in [9.17, 15) is 0 Å². The SMILES string of the molecule is c1ccc([C@@H]2OC3(CCC(C[PH](c4ccccc4)(c4ccccc4)c4ccccc4)CC3)O[C@H]2c2ccccc2)cc1. The van der Waals surface area contributed by atoms with Gasteiger partial charge in [0.15, 0.2) is 0 Å². The van der Waals surface area contributed by atoms with Crippen LogP contribution >= 0.6 is 7.26 Å². The minimum absolute atomic E-state index is 0.100. The first-order chi connectivity index (χ1) is 20.8. The summed E-state index contributed by atoms with van der Waals surface area (Å²) in [5.41, 5.74) is 2.38. The van der Waals surface area contributed by atoms with E-state index in [1.807, 2.05) is 0 Å². The van der Waals surface area contributed by atoms with Crippen LogP contribution in [0.4, 0.5) is 0 Å². The van der Waals surface area contributed by atoms with Crippen LogP contribution in [-0.2, 0) is 9.47 Å². The Balaban J connectivity index is 1.19. The van der Waals surface area contributed by atoms with Crippen LogP contribution in [0.15, 0.2) is 152 Å². The molecule has 5 aromatic carbocycles. The van der Waals surface area contributed by atoms with E-state index in [1.54, 1.807) is 0 Å². The Morgan fingerprint density at radius 1 is 0.476 bits per heavy atom. The Morgan fingerprint density at radius 3 is 1.17 bits per heavy atom. The van der Waals surface area contributed by atoms with Crippen molar-refractivity contribution in [1.82, 2.24) is 0 Å². The van der Waals surface area contributed by atoms with Crippen LogP contribution < -0.4 is 15.9 Å². The summed E-state index contributed by atoms with van der Waals surface area (Å²) in [4.78, 5) is 0. The molecule has 3 heteroatoms. The fourth-order valence-electron chi connectivity index (χ4n) is 7.40. The van der Waals surface area contributed by atoms with E-state index < -0.39 is 13.0 Å². The van der Waals surface area contributed by atoms with Crippen molar-refractivity contribution in [2.75, 3.05) is 6.16 Å². The van der Waals surface area contributed by atoms with Crippen molar-refractivity contribution in [2.45, 2.75) is 43.7 Å². The van der Waals surface area contributed by atoms with Gasteiger partial charge < -0.3 is 0 Å². The Kier molecular flexibility index (Phi) is 7.78. The van der Waals surface area contributed by atoms with E-state index >= 15 is 0 Å². The summed E-state index contributed by atoms with van der Waals surface area (Å²) in [5, 5.41) is 4.47. The molecule has 5 aromatic rings. The second-order valence-electron chi connectivity index (χ2n) is 12.0. The van der Waals surface area contributed by atoms with Crippen molar-refractivity contribution >= 4 is 23.2 Å². The summed E-state index contributed by atoms with van der Waals surface area (Å²) in [6, 6.07) is 55.2. The van der Waals surface area contributed by atoms with Gasteiger partial charge in [0, 0.05) is 0 Å². The van der Waals surface area contributed by atoms with Gasteiger partial charge in [0.2, 0.25) is 0 Å². The van der Waals surface area contributed by atoms with E-state index in [0.29, 0.717) is 5.92 Å². The zero-order chi connectivity index (χ0) is 28.2. The average molecular weight is 571 g/mol. The standard InChI is InChI=1S/C39H39O2P/c1-6-16-32(17-7-1)37-38(33-18-8-2-9-19-33)41-39(40-37)28-26-31(27-29-39)30-42(34-20-10-3-11-21-34,35-22-12-4-13-23-35)36-24-14-5-15-25-36/h1-25,31,37-38,42H,26-30H2/t37-,38-/m0/s1. The fourth-order valence-corrected chi connectivity index (χ4v) is 12.7. The molecule has 1 aliphatic heterocycles. The molecule has 2 aliphatic rings. The van der Waals surface area contributed by atoms with E-state index in [-0.39, 0.29) is 12.2 Å². The molecule has 0 unspecified atom stereocenters. The molecule has 0 N–H and O–H groups in total. The summed E-state index contributed by atoms with van der Waals surface area (Å²) in [5.74, 6) is 0.0644. The third-order valence-corrected chi connectivity index (χ3v) is 14.6. The summed E-state index contributed by atoms with van der Waals surface area (Å²) in [6.07, 6.45) is 5.04. The fraction of sp³-hybridized carbons (Fsp3) is 0.231. The molecule has 0 amide bonds. The van der Waals surface area contributed by atoms with Gasteiger partial charge in [-0.05, 0) is 0 Å². The molecule has 42 heavy (non-hydrogen) atoms. The number of benzene rings is 5. The van der Waals surface area contributed by atoms with E-state index in [2.05, 4.69) is 152 Å². The van der Waals surface area contributed by atoms with Crippen molar-refractivity contribution < 1.29 is 9.47 Å². The molecule has 2 fully saturated rings. The minimum atomic E-state index is -2.28. The molecule has 1 spiro atoms. The topological polar surface area (TPSA) is 18.5 Å². The van der Waals surface area contributed by atoms with E-state index in [0.717, 1.165) is 25.7 Å². The maximum absolute atomic E-state index is 6.96. The van der Waals surface area contributed by atoms with Gasteiger partial charge in [-0.2, -0.15) is 0 Å². The monoisotopic (exact) mass is 570 g/mol. The van der Waals surface area contributed by atoms with Gasteiger partial charge in [-0.15, -0.1) is 0 Å². The van der Waals surface area contributed by atoms with Crippen LogP contribution in [0.25, 0.3) is 0 Å². The first-order valence-corrected chi connectivity index (χ1v) is 17.6. The molecule has 1 aliphatic carbocycles. The van der Waals surface area contributed by atoms with Gasteiger partial charge in [0.25, 0.3) is 0 Å². The zero-order valence-corrected chi connectivity index (χ0v) is 25.0. The van der Waals surface area contributed by atoms with Crippen LogP contribution in [-0.4, -0.2) is 11.9 Å². The molecule has 0 radical (unpaired) electrons. The number of hydrogen-bond donors (Lipinski definition) is 0. The Morgan fingerprint density at radius 2 is 0.810 bits per heavy atom. The van der Waals surface area contributed by atoms with Crippen LogP contribution in [0, 0.1) is 5.92 Å². The number of rotatable bonds is 7. The van der Waals surface area contributed by atoms with Crippen molar-refractivity contribution in [3.63, 3.8) is 0 Å². The third-order valence-electron chi connectivity index (χ3n) is 9.48. The number of hydrogen-bond acceptors (Lipinski definition) is 2. The van der Waals surface area contributed by atoms with Gasteiger partial charge in [-0.3, -0.25) is 0 Å². The molecule has 2 atom stereocenters. The van der Waals surface area contributed by atoms with E-state index in [4.69, 9.17) is 9.47 Å². The Labute approximate surface area is 250 Å².